The highest BCUT2D eigenvalue weighted by Crippen LogP contribution is 2.11. The number of guanidine groups is 1. The van der Waals surface area contributed by atoms with Gasteiger partial charge in [0.25, 0.3) is 0 Å². The summed E-state index contributed by atoms with van der Waals surface area (Å²) in [5.74, 6) is 0.815. The Balaban J connectivity index is 0.00000625. The van der Waals surface area contributed by atoms with Gasteiger partial charge < -0.3 is 29.7 Å². The Morgan fingerprint density at radius 1 is 1.19 bits per heavy atom. The second kappa shape index (κ2) is 16.4. The zero-order chi connectivity index (χ0) is 18.3. The maximum atomic E-state index is 11.7. The van der Waals surface area contributed by atoms with Crippen LogP contribution in [0.3, 0.4) is 0 Å². The standard InChI is InChI=1S/C17H34N4O4.HI/c1-4-25-17(22)21-10-7-15(8-11-21)20-16(18-2)19-9-5-6-12-24-14-13-23-3;/h15H,4-14H2,1-3H3,(H2,18,19,20);1H. The van der Waals surface area contributed by atoms with Crippen LogP contribution >= 0.6 is 24.0 Å². The summed E-state index contributed by atoms with van der Waals surface area (Å²) in [5.41, 5.74) is 0. The highest BCUT2D eigenvalue weighted by Gasteiger charge is 2.23. The van der Waals surface area contributed by atoms with Crippen LogP contribution in [0.2, 0.25) is 0 Å². The maximum absolute atomic E-state index is 11.7. The van der Waals surface area contributed by atoms with Crippen molar-refractivity contribution >= 4 is 36.0 Å². The van der Waals surface area contributed by atoms with E-state index in [9.17, 15) is 4.79 Å². The van der Waals surface area contributed by atoms with Gasteiger partial charge in [-0.05, 0) is 32.6 Å². The van der Waals surface area contributed by atoms with Crippen LogP contribution in [0, 0.1) is 0 Å². The first kappa shape index (κ1) is 25.2. The third kappa shape index (κ3) is 11.0. The van der Waals surface area contributed by atoms with Crippen LogP contribution in [0.25, 0.3) is 0 Å². The van der Waals surface area contributed by atoms with Crippen molar-refractivity contribution < 1.29 is 19.0 Å². The van der Waals surface area contributed by atoms with Crippen molar-refractivity contribution in [3.8, 4) is 0 Å². The molecule has 0 unspecified atom stereocenters. The molecule has 0 spiro atoms. The zero-order valence-electron chi connectivity index (χ0n) is 16.3. The number of halogens is 1. The fourth-order valence-corrected chi connectivity index (χ4v) is 2.59. The smallest absolute Gasteiger partial charge is 0.409 e. The molecule has 1 amide bonds. The maximum Gasteiger partial charge on any atom is 0.409 e. The van der Waals surface area contributed by atoms with E-state index < -0.39 is 0 Å². The lowest BCUT2D eigenvalue weighted by molar-refractivity contribution is 0.0689. The third-order valence-corrected chi connectivity index (χ3v) is 4.03. The van der Waals surface area contributed by atoms with Gasteiger partial charge in [0.05, 0.1) is 19.8 Å². The molecular weight excluding hydrogens is 451 g/mol. The molecule has 0 aliphatic carbocycles. The predicted octanol–water partition coefficient (Wildman–Crippen LogP) is 1.83. The van der Waals surface area contributed by atoms with Crippen molar-refractivity contribution in [3.63, 3.8) is 0 Å². The van der Waals surface area contributed by atoms with Gasteiger partial charge in [0, 0.05) is 46.4 Å². The Hall–Kier alpha value is -0.810. The number of methoxy groups -OCH3 is 1. The average molecular weight is 486 g/mol. The number of carbonyl (C=O) groups excluding carboxylic acids is 1. The second-order valence-electron chi connectivity index (χ2n) is 5.92. The molecule has 0 saturated carbocycles. The van der Waals surface area contributed by atoms with Gasteiger partial charge in [0.2, 0.25) is 0 Å². The molecule has 9 heteroatoms. The molecule has 0 bridgehead atoms. The van der Waals surface area contributed by atoms with Gasteiger partial charge in [0.1, 0.15) is 0 Å². The molecule has 0 atom stereocenters. The number of hydrogen-bond donors (Lipinski definition) is 2. The first-order valence-electron chi connectivity index (χ1n) is 9.16. The quantitative estimate of drug-likeness (QED) is 0.212. The average Bonchev–Trinajstić information content (AvgIpc) is 2.63. The molecular formula is C17H35IN4O4. The van der Waals surface area contributed by atoms with E-state index in [1.165, 1.54) is 0 Å². The summed E-state index contributed by atoms with van der Waals surface area (Å²) in [5, 5.41) is 6.75. The molecule has 0 aromatic heterocycles. The van der Waals surface area contributed by atoms with Crippen molar-refractivity contribution in [2.45, 2.75) is 38.6 Å². The van der Waals surface area contributed by atoms with Crippen molar-refractivity contribution in [3.05, 3.63) is 0 Å². The molecule has 0 radical (unpaired) electrons. The number of aliphatic imine (C=N–C) groups is 1. The minimum atomic E-state index is -0.212. The number of nitrogens with one attached hydrogen (secondary N) is 2. The lowest BCUT2D eigenvalue weighted by Crippen LogP contribution is -2.50. The number of amides is 1. The molecule has 8 nitrogen and oxygen atoms in total. The minimum absolute atomic E-state index is 0. The normalized spacial score (nSPS) is 15.3. The fraction of sp³-hybridized carbons (Fsp3) is 0.882. The summed E-state index contributed by atoms with van der Waals surface area (Å²) in [4.78, 5) is 17.7. The molecule has 0 aromatic rings. The molecule has 154 valence electrons. The van der Waals surface area contributed by atoms with E-state index in [4.69, 9.17) is 14.2 Å². The molecule has 1 rings (SSSR count). The number of piperidine rings is 1. The highest BCUT2D eigenvalue weighted by atomic mass is 127. The number of carbonyl (C=O) groups is 1. The number of nitrogens with zero attached hydrogens (tertiary/aromatic N) is 2. The topological polar surface area (TPSA) is 84.4 Å². The van der Waals surface area contributed by atoms with Gasteiger partial charge in [-0.15, -0.1) is 24.0 Å². The Morgan fingerprint density at radius 3 is 2.54 bits per heavy atom. The Kier molecular flexibility index (Phi) is 15.9. The van der Waals surface area contributed by atoms with Gasteiger partial charge in [-0.2, -0.15) is 0 Å². The van der Waals surface area contributed by atoms with E-state index in [2.05, 4.69) is 15.6 Å². The van der Waals surface area contributed by atoms with E-state index >= 15 is 0 Å². The second-order valence-corrected chi connectivity index (χ2v) is 5.92. The lowest BCUT2D eigenvalue weighted by Gasteiger charge is -2.32. The highest BCUT2D eigenvalue weighted by molar-refractivity contribution is 14.0. The molecule has 1 saturated heterocycles. The van der Waals surface area contributed by atoms with Gasteiger partial charge >= 0.3 is 6.09 Å². The van der Waals surface area contributed by atoms with Crippen LogP contribution in [-0.2, 0) is 14.2 Å². The molecule has 26 heavy (non-hydrogen) atoms. The Bertz CT molecular complexity index is 391. The number of rotatable bonds is 10. The molecule has 1 aliphatic rings. The monoisotopic (exact) mass is 486 g/mol. The minimum Gasteiger partial charge on any atom is -0.450 e. The summed E-state index contributed by atoms with van der Waals surface area (Å²) in [6, 6.07) is 0.328. The molecule has 1 aliphatic heterocycles. The number of hydrogen-bond acceptors (Lipinski definition) is 5. The van der Waals surface area contributed by atoms with Gasteiger partial charge in [-0.25, -0.2) is 4.79 Å². The van der Waals surface area contributed by atoms with Crippen molar-refractivity contribution in [1.29, 1.82) is 0 Å². The van der Waals surface area contributed by atoms with E-state index in [0.29, 0.717) is 39.0 Å². The van der Waals surface area contributed by atoms with Crippen LogP contribution in [0.4, 0.5) is 4.79 Å². The van der Waals surface area contributed by atoms with Gasteiger partial charge in [-0.3, -0.25) is 4.99 Å². The first-order chi connectivity index (χ1) is 12.2. The lowest BCUT2D eigenvalue weighted by atomic mass is 10.1. The Labute approximate surface area is 174 Å². The first-order valence-corrected chi connectivity index (χ1v) is 9.16. The van der Waals surface area contributed by atoms with Crippen molar-refractivity contribution in [2.24, 2.45) is 4.99 Å². The largest absolute Gasteiger partial charge is 0.450 e. The molecule has 1 heterocycles. The molecule has 2 N–H and O–H groups in total. The number of ether oxygens (including phenoxy) is 3. The molecule has 1 fully saturated rings. The summed E-state index contributed by atoms with van der Waals surface area (Å²) in [6.45, 7) is 6.58. The SMILES string of the molecule is CCOC(=O)N1CCC(NC(=NC)NCCCCOCCOC)CC1.I. The zero-order valence-corrected chi connectivity index (χ0v) is 18.6. The van der Waals surface area contributed by atoms with Crippen LogP contribution in [0.1, 0.15) is 32.6 Å². The van der Waals surface area contributed by atoms with E-state index in [-0.39, 0.29) is 30.1 Å². The number of unbranched alkanes of at least 4 members (excludes halogenated alkanes) is 1. The van der Waals surface area contributed by atoms with E-state index in [1.807, 2.05) is 6.92 Å². The fourth-order valence-electron chi connectivity index (χ4n) is 2.59. The summed E-state index contributed by atoms with van der Waals surface area (Å²) in [7, 11) is 3.45. The van der Waals surface area contributed by atoms with Crippen molar-refractivity contribution in [2.75, 3.05) is 60.2 Å². The van der Waals surface area contributed by atoms with E-state index in [0.717, 1.165) is 44.8 Å². The van der Waals surface area contributed by atoms with Gasteiger partial charge in [-0.1, -0.05) is 0 Å². The summed E-state index contributed by atoms with van der Waals surface area (Å²) in [6.07, 6.45) is 3.61. The number of likely N-dealkylation sites (tertiary alicyclic amines) is 1. The molecule has 0 aromatic carbocycles. The van der Waals surface area contributed by atoms with E-state index in [1.54, 1.807) is 19.1 Å². The van der Waals surface area contributed by atoms with Crippen LogP contribution < -0.4 is 10.6 Å². The van der Waals surface area contributed by atoms with Crippen LogP contribution in [0.15, 0.2) is 4.99 Å². The van der Waals surface area contributed by atoms with Gasteiger partial charge in [0.15, 0.2) is 5.96 Å². The van der Waals surface area contributed by atoms with Crippen LogP contribution in [0.5, 0.6) is 0 Å². The van der Waals surface area contributed by atoms with Crippen molar-refractivity contribution in [1.82, 2.24) is 15.5 Å². The summed E-state index contributed by atoms with van der Waals surface area (Å²) < 4.78 is 15.4. The van der Waals surface area contributed by atoms with Crippen LogP contribution in [-0.4, -0.2) is 83.2 Å². The Morgan fingerprint density at radius 2 is 1.92 bits per heavy atom. The third-order valence-electron chi connectivity index (χ3n) is 4.03. The summed E-state index contributed by atoms with van der Waals surface area (Å²) >= 11 is 0. The predicted molar refractivity (Wildman–Crippen MR) is 113 cm³/mol.